The second kappa shape index (κ2) is 6.50. The molecule has 0 bridgehead atoms. The van der Waals surface area contributed by atoms with Crippen LogP contribution in [0.4, 0.5) is 0 Å². The predicted octanol–water partition coefficient (Wildman–Crippen LogP) is 0.150. The quantitative estimate of drug-likeness (QED) is 0.762. The first-order valence-electron chi connectivity index (χ1n) is 6.62. The van der Waals surface area contributed by atoms with Gasteiger partial charge in [0.25, 0.3) is 0 Å². The fourth-order valence-corrected chi connectivity index (χ4v) is 2.23. The van der Waals surface area contributed by atoms with E-state index in [1.807, 2.05) is 18.9 Å². The Bertz CT molecular complexity index is 281. The maximum Gasteiger partial charge on any atom is 0.236 e. The molecule has 1 saturated heterocycles. The van der Waals surface area contributed by atoms with Crippen molar-refractivity contribution in [2.75, 3.05) is 46.4 Å². The second-order valence-electron chi connectivity index (χ2n) is 6.06. The molecule has 1 aliphatic heterocycles. The predicted molar refractivity (Wildman–Crippen MR) is 72.3 cm³/mol. The van der Waals surface area contributed by atoms with Crippen LogP contribution in [0.15, 0.2) is 0 Å². The van der Waals surface area contributed by atoms with Crippen LogP contribution in [0.5, 0.6) is 0 Å². The summed E-state index contributed by atoms with van der Waals surface area (Å²) in [6, 6.07) is 0. The Labute approximate surface area is 110 Å². The van der Waals surface area contributed by atoms with E-state index in [9.17, 15) is 4.79 Å². The summed E-state index contributed by atoms with van der Waals surface area (Å²) in [6.07, 6.45) is 0.147. The first-order valence-corrected chi connectivity index (χ1v) is 6.62. The number of nitrogens with zero attached hydrogens (tertiary/aromatic N) is 2. The Morgan fingerprint density at radius 2 is 2.22 bits per heavy atom. The van der Waals surface area contributed by atoms with E-state index in [2.05, 4.69) is 18.7 Å². The lowest BCUT2D eigenvalue weighted by atomic mass is 9.93. The summed E-state index contributed by atoms with van der Waals surface area (Å²) in [5.74, 6) is 0.181. The topological polar surface area (TPSA) is 58.8 Å². The first-order chi connectivity index (χ1) is 8.34. The number of rotatable bonds is 5. The van der Waals surface area contributed by atoms with Crippen LogP contribution >= 0.6 is 0 Å². The molecule has 0 saturated carbocycles. The molecule has 18 heavy (non-hydrogen) atoms. The van der Waals surface area contributed by atoms with Gasteiger partial charge in [-0.05, 0) is 25.9 Å². The number of likely N-dealkylation sites (N-methyl/N-ethyl adjacent to an activating group) is 1. The SMILES string of the molecule is CC1CN(C(=O)CN(C)CC(C)(C)CN)CCO1. The molecule has 0 aromatic carbocycles. The Morgan fingerprint density at radius 3 is 2.78 bits per heavy atom. The van der Waals surface area contributed by atoms with E-state index in [0.29, 0.717) is 32.8 Å². The normalized spacial score (nSPS) is 21.4. The minimum absolute atomic E-state index is 0.0489. The van der Waals surface area contributed by atoms with E-state index in [0.717, 1.165) is 6.54 Å². The molecular weight excluding hydrogens is 230 g/mol. The Kier molecular flexibility index (Phi) is 5.56. The largest absolute Gasteiger partial charge is 0.375 e. The van der Waals surface area contributed by atoms with Crippen molar-refractivity contribution in [3.8, 4) is 0 Å². The maximum absolute atomic E-state index is 12.1. The Hall–Kier alpha value is -0.650. The van der Waals surface area contributed by atoms with Crippen LogP contribution < -0.4 is 5.73 Å². The Balaban J connectivity index is 2.39. The van der Waals surface area contributed by atoms with Crippen molar-refractivity contribution < 1.29 is 9.53 Å². The van der Waals surface area contributed by atoms with Gasteiger partial charge >= 0.3 is 0 Å². The third-order valence-electron chi connectivity index (χ3n) is 3.25. The fraction of sp³-hybridized carbons (Fsp3) is 0.923. The van der Waals surface area contributed by atoms with Gasteiger partial charge in [0.1, 0.15) is 0 Å². The number of amides is 1. The van der Waals surface area contributed by atoms with Crippen molar-refractivity contribution in [3.05, 3.63) is 0 Å². The number of nitrogens with two attached hydrogens (primary N) is 1. The van der Waals surface area contributed by atoms with Crippen molar-refractivity contribution in [1.82, 2.24) is 9.80 Å². The maximum atomic E-state index is 12.1. The monoisotopic (exact) mass is 257 g/mol. The van der Waals surface area contributed by atoms with E-state index >= 15 is 0 Å². The van der Waals surface area contributed by atoms with Gasteiger partial charge in [-0.3, -0.25) is 9.69 Å². The zero-order chi connectivity index (χ0) is 13.8. The zero-order valence-electron chi connectivity index (χ0n) is 12.1. The molecule has 1 heterocycles. The van der Waals surface area contributed by atoms with Crippen LogP contribution in [0, 0.1) is 5.41 Å². The van der Waals surface area contributed by atoms with Gasteiger partial charge in [0.15, 0.2) is 0 Å². The molecule has 0 spiro atoms. The molecule has 5 heteroatoms. The number of ether oxygens (including phenoxy) is 1. The van der Waals surface area contributed by atoms with Gasteiger partial charge in [-0.25, -0.2) is 0 Å². The molecule has 0 aromatic rings. The minimum atomic E-state index is 0.0489. The van der Waals surface area contributed by atoms with Crippen molar-refractivity contribution in [1.29, 1.82) is 0 Å². The van der Waals surface area contributed by atoms with Crippen molar-refractivity contribution in [2.24, 2.45) is 11.1 Å². The molecule has 5 nitrogen and oxygen atoms in total. The van der Waals surface area contributed by atoms with Crippen molar-refractivity contribution in [3.63, 3.8) is 0 Å². The third kappa shape index (κ3) is 4.92. The van der Waals surface area contributed by atoms with Crippen LogP contribution in [-0.4, -0.2) is 68.2 Å². The summed E-state index contributed by atoms with van der Waals surface area (Å²) in [5, 5.41) is 0. The minimum Gasteiger partial charge on any atom is -0.375 e. The molecule has 2 N–H and O–H groups in total. The summed E-state index contributed by atoms with van der Waals surface area (Å²) in [5.41, 5.74) is 5.76. The summed E-state index contributed by atoms with van der Waals surface area (Å²) in [4.78, 5) is 16.1. The second-order valence-corrected chi connectivity index (χ2v) is 6.06. The third-order valence-corrected chi connectivity index (χ3v) is 3.25. The van der Waals surface area contributed by atoms with Crippen LogP contribution in [0.2, 0.25) is 0 Å². The van der Waals surface area contributed by atoms with Crippen molar-refractivity contribution in [2.45, 2.75) is 26.9 Å². The lowest BCUT2D eigenvalue weighted by Gasteiger charge is -2.34. The zero-order valence-corrected chi connectivity index (χ0v) is 12.1. The molecule has 0 radical (unpaired) electrons. The first kappa shape index (κ1) is 15.4. The highest BCUT2D eigenvalue weighted by Crippen LogP contribution is 2.14. The molecule has 1 fully saturated rings. The summed E-state index contributed by atoms with van der Waals surface area (Å²) in [6.45, 7) is 10.2. The smallest absolute Gasteiger partial charge is 0.236 e. The van der Waals surface area contributed by atoms with Gasteiger partial charge < -0.3 is 15.4 Å². The molecule has 1 unspecified atom stereocenters. The summed E-state index contributed by atoms with van der Waals surface area (Å²) >= 11 is 0. The van der Waals surface area contributed by atoms with Gasteiger partial charge in [-0.15, -0.1) is 0 Å². The van der Waals surface area contributed by atoms with Gasteiger partial charge in [0, 0.05) is 19.6 Å². The number of carbonyl (C=O) groups is 1. The molecule has 0 aromatic heterocycles. The van der Waals surface area contributed by atoms with E-state index in [-0.39, 0.29) is 17.4 Å². The standard InChI is InChI=1S/C13H27N3O2/c1-11-7-16(5-6-18-11)12(17)8-15(4)10-13(2,3)9-14/h11H,5-10,14H2,1-4H3. The lowest BCUT2D eigenvalue weighted by Crippen LogP contribution is -2.49. The van der Waals surface area contributed by atoms with E-state index in [1.54, 1.807) is 0 Å². The molecule has 1 aliphatic rings. The number of hydrogen-bond donors (Lipinski definition) is 1. The van der Waals surface area contributed by atoms with Crippen molar-refractivity contribution >= 4 is 5.91 Å². The summed E-state index contributed by atoms with van der Waals surface area (Å²) < 4.78 is 5.44. The van der Waals surface area contributed by atoms with E-state index < -0.39 is 0 Å². The molecule has 106 valence electrons. The molecular formula is C13H27N3O2. The van der Waals surface area contributed by atoms with Gasteiger partial charge in [0.05, 0.1) is 19.3 Å². The average molecular weight is 257 g/mol. The molecule has 1 amide bonds. The number of hydrogen-bond acceptors (Lipinski definition) is 4. The van der Waals surface area contributed by atoms with Gasteiger partial charge in [0.2, 0.25) is 5.91 Å². The number of morpholine rings is 1. The van der Waals surface area contributed by atoms with Crippen LogP contribution in [-0.2, 0) is 9.53 Å². The van der Waals surface area contributed by atoms with Crippen LogP contribution in [0.25, 0.3) is 0 Å². The molecule has 1 rings (SSSR count). The number of carbonyl (C=O) groups excluding carboxylic acids is 1. The van der Waals surface area contributed by atoms with Gasteiger partial charge in [-0.1, -0.05) is 13.8 Å². The Morgan fingerprint density at radius 1 is 1.56 bits per heavy atom. The highest BCUT2D eigenvalue weighted by atomic mass is 16.5. The van der Waals surface area contributed by atoms with Crippen LogP contribution in [0.1, 0.15) is 20.8 Å². The molecule has 1 atom stereocenters. The highest BCUT2D eigenvalue weighted by molar-refractivity contribution is 5.78. The van der Waals surface area contributed by atoms with Gasteiger partial charge in [-0.2, -0.15) is 0 Å². The van der Waals surface area contributed by atoms with Crippen LogP contribution in [0.3, 0.4) is 0 Å². The summed E-state index contributed by atoms with van der Waals surface area (Å²) in [7, 11) is 1.97. The molecule has 0 aliphatic carbocycles. The van der Waals surface area contributed by atoms with E-state index in [1.165, 1.54) is 0 Å². The highest BCUT2D eigenvalue weighted by Gasteiger charge is 2.24. The fourth-order valence-electron chi connectivity index (χ4n) is 2.23. The average Bonchev–Trinajstić information content (AvgIpc) is 2.28. The lowest BCUT2D eigenvalue weighted by molar-refractivity contribution is -0.139. The van der Waals surface area contributed by atoms with E-state index in [4.69, 9.17) is 10.5 Å².